The van der Waals surface area contributed by atoms with Crippen LogP contribution in [0, 0.1) is 0 Å². The average molecular weight is 203 g/mol. The Morgan fingerprint density at radius 2 is 1.53 bits per heavy atom. The Hall–Kier alpha value is -0.980. The summed E-state index contributed by atoms with van der Waals surface area (Å²) in [5, 5.41) is 3.70. The van der Waals surface area contributed by atoms with E-state index in [-0.39, 0.29) is 0 Å². The highest BCUT2D eigenvalue weighted by Gasteiger charge is 2.24. The number of hydrogen-bond acceptors (Lipinski definition) is 1. The first-order valence-electron chi connectivity index (χ1n) is 6.12. The minimum atomic E-state index is 0.317. The molecule has 0 aromatic heterocycles. The Morgan fingerprint density at radius 1 is 0.933 bits per heavy atom. The fraction of sp³-hybridized carbons (Fsp3) is 0.571. The van der Waals surface area contributed by atoms with E-state index in [1.807, 2.05) is 0 Å². The Balaban J connectivity index is 2.02. The summed E-state index contributed by atoms with van der Waals surface area (Å²) in [4.78, 5) is 0. The zero-order chi connectivity index (χ0) is 10.6. The van der Waals surface area contributed by atoms with Crippen LogP contribution in [0.5, 0.6) is 0 Å². The zero-order valence-corrected chi connectivity index (χ0v) is 9.63. The third-order valence-electron chi connectivity index (χ3n) is 3.43. The van der Waals surface area contributed by atoms with E-state index < -0.39 is 0 Å². The molecule has 0 unspecified atom stereocenters. The molecule has 1 aliphatic carbocycles. The second-order valence-electron chi connectivity index (χ2n) is 4.97. The van der Waals surface area contributed by atoms with Crippen LogP contribution in [0.2, 0.25) is 0 Å². The summed E-state index contributed by atoms with van der Waals surface area (Å²) >= 11 is 0. The second-order valence-corrected chi connectivity index (χ2v) is 4.97. The average Bonchev–Trinajstić information content (AvgIpc) is 2.45. The topological polar surface area (TPSA) is 12.0 Å². The summed E-state index contributed by atoms with van der Waals surface area (Å²) in [6.07, 6.45) is 8.18. The first-order valence-corrected chi connectivity index (χ1v) is 6.12. The van der Waals surface area contributed by atoms with E-state index in [4.69, 9.17) is 0 Å². The molecule has 0 bridgehead atoms. The van der Waals surface area contributed by atoms with E-state index in [1.54, 1.807) is 0 Å². The lowest BCUT2D eigenvalue weighted by atomic mass is 9.92. The van der Waals surface area contributed by atoms with Gasteiger partial charge in [0, 0.05) is 11.2 Å². The van der Waals surface area contributed by atoms with Gasteiger partial charge in [-0.25, -0.2) is 0 Å². The van der Waals surface area contributed by atoms with Crippen molar-refractivity contribution in [2.75, 3.05) is 5.32 Å². The number of para-hydroxylation sites is 1. The van der Waals surface area contributed by atoms with Crippen molar-refractivity contribution >= 4 is 5.69 Å². The summed E-state index contributed by atoms with van der Waals surface area (Å²) in [6.45, 7) is 2.37. The molecule has 0 amide bonds. The monoisotopic (exact) mass is 203 g/mol. The predicted octanol–water partition coefficient (Wildman–Crippen LogP) is 4.21. The van der Waals surface area contributed by atoms with Crippen LogP contribution in [0.4, 0.5) is 5.69 Å². The number of rotatable bonds is 2. The molecular formula is C14H21N. The molecular weight excluding hydrogens is 182 g/mol. The number of nitrogens with one attached hydrogen (secondary N) is 1. The maximum absolute atomic E-state index is 3.70. The fourth-order valence-corrected chi connectivity index (χ4v) is 2.50. The van der Waals surface area contributed by atoms with Gasteiger partial charge < -0.3 is 5.32 Å². The van der Waals surface area contributed by atoms with Crippen LogP contribution in [-0.4, -0.2) is 5.54 Å². The van der Waals surface area contributed by atoms with Gasteiger partial charge in [0.25, 0.3) is 0 Å². The highest BCUT2D eigenvalue weighted by Crippen LogP contribution is 2.29. The summed E-state index contributed by atoms with van der Waals surface area (Å²) in [5.74, 6) is 0. The Bertz CT molecular complexity index is 283. The second kappa shape index (κ2) is 4.69. The minimum absolute atomic E-state index is 0.317. The lowest BCUT2D eigenvalue weighted by Gasteiger charge is -2.30. The molecule has 1 fully saturated rings. The van der Waals surface area contributed by atoms with E-state index in [2.05, 4.69) is 42.6 Å². The minimum Gasteiger partial charge on any atom is -0.380 e. The molecule has 0 radical (unpaired) electrons. The molecule has 0 atom stereocenters. The van der Waals surface area contributed by atoms with Crippen LogP contribution >= 0.6 is 0 Å². The Kier molecular flexibility index (Phi) is 3.30. The van der Waals surface area contributed by atoms with Crippen LogP contribution in [0.1, 0.15) is 45.4 Å². The molecule has 1 aromatic rings. The van der Waals surface area contributed by atoms with Gasteiger partial charge in [0.05, 0.1) is 0 Å². The van der Waals surface area contributed by atoms with Crippen LogP contribution in [0.15, 0.2) is 30.3 Å². The Labute approximate surface area is 92.9 Å². The van der Waals surface area contributed by atoms with Gasteiger partial charge in [0.15, 0.2) is 0 Å². The number of hydrogen-bond donors (Lipinski definition) is 1. The van der Waals surface area contributed by atoms with Crippen molar-refractivity contribution in [1.82, 2.24) is 0 Å². The van der Waals surface area contributed by atoms with Crippen molar-refractivity contribution in [1.29, 1.82) is 0 Å². The van der Waals surface area contributed by atoms with Gasteiger partial charge in [-0.1, -0.05) is 43.9 Å². The molecule has 82 valence electrons. The van der Waals surface area contributed by atoms with Crippen molar-refractivity contribution in [2.45, 2.75) is 51.0 Å². The van der Waals surface area contributed by atoms with Gasteiger partial charge in [0.2, 0.25) is 0 Å². The van der Waals surface area contributed by atoms with Crippen LogP contribution in [0.25, 0.3) is 0 Å². The maximum atomic E-state index is 3.70. The summed E-state index contributed by atoms with van der Waals surface area (Å²) in [7, 11) is 0. The van der Waals surface area contributed by atoms with E-state index in [0.717, 1.165) is 0 Å². The number of benzene rings is 1. The van der Waals surface area contributed by atoms with Crippen LogP contribution < -0.4 is 5.32 Å². The molecule has 1 saturated carbocycles. The van der Waals surface area contributed by atoms with E-state index >= 15 is 0 Å². The molecule has 0 aliphatic heterocycles. The quantitative estimate of drug-likeness (QED) is 0.710. The molecule has 15 heavy (non-hydrogen) atoms. The molecule has 0 saturated heterocycles. The lowest BCUT2D eigenvalue weighted by Crippen LogP contribution is -2.33. The standard InChI is InChI=1S/C14H21N/c1-14(11-7-2-3-8-12-14)15-13-9-5-4-6-10-13/h4-6,9-10,15H,2-3,7-8,11-12H2,1H3. The molecule has 1 heteroatoms. The fourth-order valence-electron chi connectivity index (χ4n) is 2.50. The maximum Gasteiger partial charge on any atom is 0.0345 e. The molecule has 1 aliphatic rings. The molecule has 1 nitrogen and oxygen atoms in total. The van der Waals surface area contributed by atoms with E-state index in [0.29, 0.717) is 5.54 Å². The van der Waals surface area contributed by atoms with Crippen molar-refractivity contribution in [3.8, 4) is 0 Å². The van der Waals surface area contributed by atoms with E-state index in [9.17, 15) is 0 Å². The molecule has 2 rings (SSSR count). The van der Waals surface area contributed by atoms with Gasteiger partial charge >= 0.3 is 0 Å². The summed E-state index contributed by atoms with van der Waals surface area (Å²) in [5.41, 5.74) is 1.58. The largest absolute Gasteiger partial charge is 0.380 e. The van der Waals surface area contributed by atoms with Gasteiger partial charge in [-0.2, -0.15) is 0 Å². The predicted molar refractivity (Wildman–Crippen MR) is 66.2 cm³/mol. The van der Waals surface area contributed by atoms with Crippen molar-refractivity contribution < 1.29 is 0 Å². The highest BCUT2D eigenvalue weighted by atomic mass is 15.0. The normalized spacial score (nSPS) is 20.6. The van der Waals surface area contributed by atoms with Gasteiger partial charge in [-0.15, -0.1) is 0 Å². The third kappa shape index (κ3) is 2.98. The van der Waals surface area contributed by atoms with Gasteiger partial charge in [0.1, 0.15) is 0 Å². The smallest absolute Gasteiger partial charge is 0.0345 e. The lowest BCUT2D eigenvalue weighted by molar-refractivity contribution is 0.447. The molecule has 1 N–H and O–H groups in total. The SMILES string of the molecule is CC1(Nc2ccccc2)CCCCCC1. The van der Waals surface area contributed by atoms with Crippen molar-refractivity contribution in [2.24, 2.45) is 0 Å². The molecule has 0 heterocycles. The number of anilines is 1. The molecule has 0 spiro atoms. The summed E-state index contributed by atoms with van der Waals surface area (Å²) in [6, 6.07) is 10.6. The third-order valence-corrected chi connectivity index (χ3v) is 3.43. The first kappa shape index (κ1) is 10.5. The van der Waals surface area contributed by atoms with Crippen molar-refractivity contribution in [3.05, 3.63) is 30.3 Å². The zero-order valence-electron chi connectivity index (χ0n) is 9.63. The van der Waals surface area contributed by atoms with Gasteiger partial charge in [-0.3, -0.25) is 0 Å². The van der Waals surface area contributed by atoms with E-state index in [1.165, 1.54) is 44.2 Å². The van der Waals surface area contributed by atoms with Crippen LogP contribution in [0.3, 0.4) is 0 Å². The van der Waals surface area contributed by atoms with Crippen molar-refractivity contribution in [3.63, 3.8) is 0 Å². The highest BCUT2D eigenvalue weighted by molar-refractivity contribution is 5.44. The molecule has 1 aromatic carbocycles. The summed E-state index contributed by atoms with van der Waals surface area (Å²) < 4.78 is 0. The first-order chi connectivity index (χ1) is 7.29. The van der Waals surface area contributed by atoms with Crippen LogP contribution in [-0.2, 0) is 0 Å². The Morgan fingerprint density at radius 3 is 2.13 bits per heavy atom. The van der Waals surface area contributed by atoms with Gasteiger partial charge in [-0.05, 0) is 31.9 Å².